The Labute approximate surface area is 274 Å². The number of alkyl halides is 3. The predicted octanol–water partition coefficient (Wildman–Crippen LogP) is 6.32. The molecule has 10 nitrogen and oxygen atoms in total. The van der Waals surface area contributed by atoms with Gasteiger partial charge in [0.1, 0.15) is 22.8 Å². The van der Waals surface area contributed by atoms with Crippen molar-refractivity contribution in [2.24, 2.45) is 11.8 Å². The quantitative estimate of drug-likeness (QED) is 0.207. The van der Waals surface area contributed by atoms with E-state index in [0.717, 1.165) is 11.3 Å². The summed E-state index contributed by atoms with van der Waals surface area (Å²) in [5.74, 6) is -3.07. The van der Waals surface area contributed by atoms with Crippen LogP contribution in [0.5, 0.6) is 5.75 Å². The lowest BCUT2D eigenvalue weighted by molar-refractivity contribution is -0.152. The number of ether oxygens (including phenoxy) is 1. The maximum Gasteiger partial charge on any atom is 0.451 e. The van der Waals surface area contributed by atoms with Crippen LogP contribution in [0.25, 0.3) is 11.6 Å². The van der Waals surface area contributed by atoms with Crippen molar-refractivity contribution in [2.45, 2.75) is 82.8 Å². The van der Waals surface area contributed by atoms with Crippen LogP contribution in [-0.4, -0.2) is 38.6 Å². The number of ketones is 1. The number of nitrogens with zero attached hydrogens (tertiary/aromatic N) is 2. The number of aliphatic hydroxyl groups is 1. The van der Waals surface area contributed by atoms with Crippen LogP contribution in [0.3, 0.4) is 0 Å². The molecule has 0 fully saturated rings. The molecule has 7 rings (SSSR count). The lowest BCUT2D eigenvalue weighted by Crippen LogP contribution is -2.43. The minimum Gasteiger partial charge on any atom is -0.469 e. The molecule has 0 radical (unpaired) electrons. The highest BCUT2D eigenvalue weighted by atomic mass is 19.4. The standard InChI is InChI=1S/C35H35F3N4O6/c1-5-33(45,6-2)24(43)15-19-13-18-11-12-23-21(14-18)34(20-9-7-8-10-22(20)40-32(34)46-23)28-27(30-39-16-25(47-30)35(36,37)38)42-31(48-28)26(17(3)4)41-29(19)44/h7-12,14,16-17,19,26,32,40,45H,5-6,13,15H2,1-4H3,(H,41,44)/t19?,26-,32-,34?/m0/s1. The molecule has 4 aromatic rings. The Morgan fingerprint density at radius 1 is 1.08 bits per heavy atom. The highest BCUT2D eigenvalue weighted by molar-refractivity contribution is 5.92. The van der Waals surface area contributed by atoms with E-state index in [9.17, 15) is 27.9 Å². The van der Waals surface area contributed by atoms with Crippen molar-refractivity contribution in [3.63, 3.8) is 0 Å². The number of hydrogen-bond acceptors (Lipinski definition) is 9. The molecule has 4 bridgehead atoms. The summed E-state index contributed by atoms with van der Waals surface area (Å²) >= 11 is 0. The number of para-hydroxylation sites is 1. The van der Waals surface area contributed by atoms with Crippen molar-refractivity contribution in [2.75, 3.05) is 5.32 Å². The number of anilines is 1. The van der Waals surface area contributed by atoms with E-state index in [1.165, 1.54) is 0 Å². The molecule has 2 aromatic heterocycles. The summed E-state index contributed by atoms with van der Waals surface area (Å²) in [6, 6.07) is 12.1. The van der Waals surface area contributed by atoms with E-state index in [4.69, 9.17) is 18.6 Å². The zero-order valence-electron chi connectivity index (χ0n) is 26.8. The fourth-order valence-corrected chi connectivity index (χ4v) is 7.13. The number of amides is 1. The van der Waals surface area contributed by atoms with Gasteiger partial charge in [-0.25, -0.2) is 9.97 Å². The van der Waals surface area contributed by atoms with Gasteiger partial charge >= 0.3 is 6.18 Å². The molecule has 0 saturated heterocycles. The van der Waals surface area contributed by atoms with Crippen molar-refractivity contribution < 1.29 is 41.4 Å². The molecule has 3 N–H and O–H groups in total. The first kappa shape index (κ1) is 31.9. The Morgan fingerprint density at radius 2 is 1.83 bits per heavy atom. The monoisotopic (exact) mass is 664 g/mol. The van der Waals surface area contributed by atoms with Crippen LogP contribution in [0.4, 0.5) is 18.9 Å². The summed E-state index contributed by atoms with van der Waals surface area (Å²) in [6.07, 6.45) is -4.60. The second kappa shape index (κ2) is 11.2. The van der Waals surface area contributed by atoms with Crippen LogP contribution in [0.15, 0.2) is 57.5 Å². The number of aromatic nitrogens is 2. The van der Waals surface area contributed by atoms with Crippen LogP contribution < -0.4 is 15.4 Å². The molecular formula is C35H35F3N4O6. The second-order valence-corrected chi connectivity index (χ2v) is 13.1. The van der Waals surface area contributed by atoms with Gasteiger partial charge < -0.3 is 29.3 Å². The van der Waals surface area contributed by atoms with Gasteiger partial charge in [0.05, 0.1) is 6.20 Å². The maximum atomic E-state index is 14.0. The van der Waals surface area contributed by atoms with Gasteiger partial charge in [0.2, 0.25) is 23.4 Å². The Bertz CT molecular complexity index is 1910. The van der Waals surface area contributed by atoms with E-state index < -0.39 is 58.7 Å². The van der Waals surface area contributed by atoms with Crippen LogP contribution in [0, 0.1) is 11.8 Å². The molecule has 13 heteroatoms. The molecule has 1 amide bonds. The van der Waals surface area contributed by atoms with Crippen molar-refractivity contribution >= 4 is 17.4 Å². The summed E-state index contributed by atoms with van der Waals surface area (Å²) in [6.45, 7) is 7.13. The summed E-state index contributed by atoms with van der Waals surface area (Å²) in [7, 11) is 0. The fraction of sp³-hybridized carbons (Fsp3) is 0.429. The third kappa shape index (κ3) is 4.81. The molecule has 252 valence electrons. The van der Waals surface area contributed by atoms with Crippen LogP contribution >= 0.6 is 0 Å². The first-order valence-corrected chi connectivity index (χ1v) is 16.1. The predicted molar refractivity (Wildman–Crippen MR) is 166 cm³/mol. The topological polar surface area (TPSA) is 140 Å². The van der Waals surface area contributed by atoms with Gasteiger partial charge in [-0.15, -0.1) is 0 Å². The average molecular weight is 665 g/mol. The van der Waals surface area contributed by atoms with Gasteiger partial charge in [0.25, 0.3) is 0 Å². The number of Topliss-reactive ketones (excluding diaryl/α,β-unsaturated/α-hetero) is 1. The second-order valence-electron chi connectivity index (χ2n) is 13.1. The minimum atomic E-state index is -4.79. The Hall–Kier alpha value is -4.65. The van der Waals surface area contributed by atoms with Gasteiger partial charge in [-0.3, -0.25) is 9.59 Å². The van der Waals surface area contributed by atoms with Crippen molar-refractivity contribution in [3.8, 4) is 17.3 Å². The number of carbonyl (C=O) groups excluding carboxylic acids is 2. The highest BCUT2D eigenvalue weighted by Gasteiger charge is 2.61. The molecular weight excluding hydrogens is 629 g/mol. The molecule has 4 atom stereocenters. The first-order valence-electron chi connectivity index (χ1n) is 16.1. The SMILES string of the molecule is CCC(O)(CC)C(=O)CC1Cc2ccc3c(c2)C2(c4ccccc4N[C@H]2O3)c2oc(nc2-c2ncc(C(F)(F)F)o2)[C@H](C(C)C)NC1=O. The summed E-state index contributed by atoms with van der Waals surface area (Å²) < 4.78 is 59.5. The van der Waals surface area contributed by atoms with Gasteiger partial charge in [-0.2, -0.15) is 13.2 Å². The molecule has 5 heterocycles. The normalized spacial score (nSPS) is 23.0. The molecule has 2 unspecified atom stereocenters. The van der Waals surface area contributed by atoms with E-state index >= 15 is 0 Å². The van der Waals surface area contributed by atoms with Gasteiger partial charge in [0, 0.05) is 23.6 Å². The smallest absolute Gasteiger partial charge is 0.451 e. The Morgan fingerprint density at radius 3 is 2.52 bits per heavy atom. The number of fused-ring (bicyclic) bond motifs is 4. The fourth-order valence-electron chi connectivity index (χ4n) is 7.13. The maximum absolute atomic E-state index is 14.0. The lowest BCUT2D eigenvalue weighted by Gasteiger charge is -2.29. The van der Waals surface area contributed by atoms with Crippen molar-refractivity contribution in [1.29, 1.82) is 0 Å². The third-order valence-corrected chi connectivity index (χ3v) is 9.94. The zero-order valence-corrected chi connectivity index (χ0v) is 26.8. The number of halogens is 3. The summed E-state index contributed by atoms with van der Waals surface area (Å²) in [5, 5.41) is 17.4. The van der Waals surface area contributed by atoms with Gasteiger partial charge in [-0.1, -0.05) is 58.0 Å². The number of nitrogens with one attached hydrogen (secondary N) is 2. The Kier molecular flexibility index (Phi) is 7.46. The first-order chi connectivity index (χ1) is 22.8. The average Bonchev–Trinajstić information content (AvgIpc) is 3.83. The van der Waals surface area contributed by atoms with E-state index in [1.807, 2.05) is 50.2 Å². The van der Waals surface area contributed by atoms with Crippen molar-refractivity contribution in [3.05, 3.63) is 82.8 Å². The van der Waals surface area contributed by atoms with E-state index in [1.54, 1.807) is 19.9 Å². The Balaban J connectivity index is 1.48. The summed E-state index contributed by atoms with van der Waals surface area (Å²) in [5.41, 5.74) is -0.0645. The van der Waals surface area contributed by atoms with Crippen LogP contribution in [0.2, 0.25) is 0 Å². The van der Waals surface area contributed by atoms with Gasteiger partial charge in [0.15, 0.2) is 23.5 Å². The molecule has 0 saturated carbocycles. The van der Waals surface area contributed by atoms with Crippen LogP contribution in [-0.2, 0) is 27.6 Å². The molecule has 3 aliphatic heterocycles. The lowest BCUT2D eigenvalue weighted by atomic mass is 9.72. The van der Waals surface area contributed by atoms with Gasteiger partial charge in [-0.05, 0) is 48.4 Å². The van der Waals surface area contributed by atoms with E-state index in [-0.39, 0.29) is 48.9 Å². The molecule has 48 heavy (non-hydrogen) atoms. The molecule has 0 aliphatic carbocycles. The largest absolute Gasteiger partial charge is 0.469 e. The van der Waals surface area contributed by atoms with Crippen LogP contribution in [0.1, 0.15) is 87.1 Å². The molecule has 1 spiro atoms. The van der Waals surface area contributed by atoms with E-state index in [0.29, 0.717) is 23.1 Å². The third-order valence-electron chi connectivity index (χ3n) is 9.94. The summed E-state index contributed by atoms with van der Waals surface area (Å²) in [4.78, 5) is 36.2. The zero-order chi connectivity index (χ0) is 34.2. The molecule has 3 aliphatic rings. The highest BCUT2D eigenvalue weighted by Crippen LogP contribution is 2.59. The van der Waals surface area contributed by atoms with E-state index in [2.05, 4.69) is 15.6 Å². The molecule has 2 aromatic carbocycles. The number of rotatable bonds is 7. The van der Waals surface area contributed by atoms with Crippen molar-refractivity contribution in [1.82, 2.24) is 15.3 Å². The number of carbonyl (C=O) groups is 2. The minimum absolute atomic E-state index is 0.0292. The number of hydrogen-bond donors (Lipinski definition) is 3. The number of oxazole rings is 2. The number of benzene rings is 2.